The number of esters is 1. The summed E-state index contributed by atoms with van der Waals surface area (Å²) in [6, 6.07) is 1.29. The molecule has 0 saturated heterocycles. The molecule has 15 heavy (non-hydrogen) atoms. The minimum Gasteiger partial charge on any atom is -0.464 e. The first kappa shape index (κ1) is 14.4. The van der Waals surface area contributed by atoms with E-state index in [1.54, 1.807) is 6.92 Å². The summed E-state index contributed by atoms with van der Waals surface area (Å²) in [7, 11) is -0.254. The van der Waals surface area contributed by atoms with Crippen LogP contribution in [0.1, 0.15) is 46.5 Å². The van der Waals surface area contributed by atoms with Gasteiger partial charge in [-0.3, -0.25) is 0 Å². The Morgan fingerprint density at radius 2 is 2.07 bits per heavy atom. The first-order valence-electron chi connectivity index (χ1n) is 5.98. The van der Waals surface area contributed by atoms with Crippen molar-refractivity contribution in [2.24, 2.45) is 0 Å². The second-order valence-electron chi connectivity index (χ2n) is 4.07. The summed E-state index contributed by atoms with van der Waals surface area (Å²) in [5.74, 6) is -0.218. The molecule has 0 rings (SSSR count). The van der Waals surface area contributed by atoms with Crippen LogP contribution in [0.3, 0.4) is 0 Å². The third-order valence-electron chi connectivity index (χ3n) is 2.46. The van der Waals surface area contributed by atoms with Crippen molar-refractivity contribution < 1.29 is 9.53 Å². The van der Waals surface area contributed by atoms with Gasteiger partial charge in [-0.05, 0) is 13.3 Å². The van der Waals surface area contributed by atoms with E-state index in [0.717, 1.165) is 6.42 Å². The zero-order valence-electron chi connectivity index (χ0n) is 10.3. The predicted molar refractivity (Wildman–Crippen MR) is 67.9 cm³/mol. The summed E-state index contributed by atoms with van der Waals surface area (Å²) in [5.41, 5.74) is 0.724. The van der Waals surface area contributed by atoms with Crippen LogP contribution in [-0.2, 0) is 9.53 Å². The fraction of sp³-hybridized carbons (Fsp3) is 0.750. The fourth-order valence-electron chi connectivity index (χ4n) is 1.40. The summed E-state index contributed by atoms with van der Waals surface area (Å²) >= 11 is 0. The Kier molecular flexibility index (Phi) is 8.38. The molecule has 0 fully saturated rings. The monoisotopic (exact) mass is 228 g/mol. The van der Waals surface area contributed by atoms with E-state index >= 15 is 0 Å². The molecule has 0 aliphatic rings. The molecule has 0 N–H and O–H groups in total. The third-order valence-corrected chi connectivity index (χ3v) is 4.75. The normalized spacial score (nSPS) is 13.0. The van der Waals surface area contributed by atoms with Crippen molar-refractivity contribution in [3.05, 3.63) is 12.2 Å². The number of rotatable bonds is 8. The number of ether oxygens (including phenoxy) is 1. The molecule has 0 aromatic carbocycles. The molecule has 1 unspecified atom stereocenters. The first-order valence-corrected chi connectivity index (χ1v) is 7.79. The molecule has 0 heterocycles. The Bertz CT molecular complexity index is 202. The SMILES string of the molecule is C=C(C)C(=O)OC(CC)[SiH2]CCCCC. The Labute approximate surface area is 95.9 Å². The van der Waals surface area contributed by atoms with Crippen LogP contribution in [0.4, 0.5) is 0 Å². The van der Waals surface area contributed by atoms with Crippen LogP contribution in [0.5, 0.6) is 0 Å². The molecule has 0 amide bonds. The Hall–Kier alpha value is -0.573. The minimum absolute atomic E-state index is 0.214. The maximum Gasteiger partial charge on any atom is 0.333 e. The average molecular weight is 228 g/mol. The van der Waals surface area contributed by atoms with Crippen LogP contribution in [0.25, 0.3) is 0 Å². The van der Waals surface area contributed by atoms with Gasteiger partial charge in [0.2, 0.25) is 0 Å². The van der Waals surface area contributed by atoms with Gasteiger partial charge in [-0.1, -0.05) is 45.7 Å². The molecule has 0 aromatic rings. The van der Waals surface area contributed by atoms with Gasteiger partial charge in [0, 0.05) is 5.57 Å². The molecule has 0 bridgehead atoms. The molecule has 2 nitrogen and oxygen atoms in total. The van der Waals surface area contributed by atoms with Gasteiger partial charge in [-0.2, -0.15) is 0 Å². The molecule has 0 radical (unpaired) electrons. The number of carbonyl (C=O) groups excluding carboxylic acids is 1. The summed E-state index contributed by atoms with van der Waals surface area (Å²) < 4.78 is 5.36. The Morgan fingerprint density at radius 1 is 1.40 bits per heavy atom. The van der Waals surface area contributed by atoms with Crippen molar-refractivity contribution in [3.63, 3.8) is 0 Å². The zero-order valence-corrected chi connectivity index (χ0v) is 11.8. The molecule has 0 aromatic heterocycles. The van der Waals surface area contributed by atoms with Crippen molar-refractivity contribution in [2.45, 2.75) is 58.2 Å². The summed E-state index contributed by atoms with van der Waals surface area (Å²) in [6.45, 7) is 9.59. The third kappa shape index (κ3) is 7.37. The topological polar surface area (TPSA) is 26.3 Å². The molecule has 88 valence electrons. The smallest absolute Gasteiger partial charge is 0.333 e. The molecular formula is C12H24O2Si. The van der Waals surface area contributed by atoms with E-state index in [0.29, 0.717) is 5.57 Å². The van der Waals surface area contributed by atoms with Gasteiger partial charge in [0.1, 0.15) is 0 Å². The zero-order chi connectivity index (χ0) is 11.7. The van der Waals surface area contributed by atoms with E-state index < -0.39 is 0 Å². The van der Waals surface area contributed by atoms with E-state index in [1.807, 2.05) is 0 Å². The van der Waals surface area contributed by atoms with Gasteiger partial charge in [0.05, 0.1) is 15.2 Å². The quantitative estimate of drug-likeness (QED) is 0.276. The van der Waals surface area contributed by atoms with Crippen LogP contribution in [-0.4, -0.2) is 21.2 Å². The molecule has 3 heteroatoms. The highest BCUT2D eigenvalue weighted by Gasteiger charge is 2.12. The predicted octanol–water partition coefficient (Wildman–Crippen LogP) is 2.62. The second-order valence-corrected chi connectivity index (χ2v) is 6.26. The summed E-state index contributed by atoms with van der Waals surface area (Å²) in [4.78, 5) is 11.3. The molecule has 0 spiro atoms. The van der Waals surface area contributed by atoms with Crippen molar-refractivity contribution in [1.29, 1.82) is 0 Å². The fourth-order valence-corrected chi connectivity index (χ4v) is 3.17. The van der Waals surface area contributed by atoms with Gasteiger partial charge < -0.3 is 4.74 Å². The van der Waals surface area contributed by atoms with Gasteiger partial charge in [0.15, 0.2) is 0 Å². The highest BCUT2D eigenvalue weighted by Crippen LogP contribution is 2.06. The standard InChI is InChI=1S/C12H24O2Si/c1-5-7-8-9-15-11(6-2)14-12(13)10(3)4/h11H,3,5-9,15H2,1-2,4H3. The molecular weight excluding hydrogens is 204 g/mol. The van der Waals surface area contributed by atoms with Crippen molar-refractivity contribution in [2.75, 3.05) is 0 Å². The van der Waals surface area contributed by atoms with Crippen molar-refractivity contribution in [1.82, 2.24) is 0 Å². The van der Waals surface area contributed by atoms with Gasteiger partial charge in [0.25, 0.3) is 0 Å². The second kappa shape index (κ2) is 8.71. The van der Waals surface area contributed by atoms with Crippen molar-refractivity contribution in [3.8, 4) is 0 Å². The minimum atomic E-state index is -0.254. The lowest BCUT2D eigenvalue weighted by Crippen LogP contribution is -2.24. The highest BCUT2D eigenvalue weighted by atomic mass is 28.2. The maximum atomic E-state index is 11.3. The van der Waals surface area contributed by atoms with Crippen molar-refractivity contribution >= 4 is 15.5 Å². The van der Waals surface area contributed by atoms with Gasteiger partial charge in [-0.15, -0.1) is 0 Å². The van der Waals surface area contributed by atoms with Gasteiger partial charge in [-0.25, -0.2) is 4.79 Å². The number of carbonyl (C=O) groups is 1. The van der Waals surface area contributed by atoms with Crippen LogP contribution >= 0.6 is 0 Å². The molecule has 1 atom stereocenters. The lowest BCUT2D eigenvalue weighted by molar-refractivity contribution is -0.140. The largest absolute Gasteiger partial charge is 0.464 e. The van der Waals surface area contributed by atoms with E-state index in [-0.39, 0.29) is 21.2 Å². The van der Waals surface area contributed by atoms with Crippen LogP contribution in [0.15, 0.2) is 12.2 Å². The Morgan fingerprint density at radius 3 is 2.53 bits per heavy atom. The van der Waals surface area contributed by atoms with E-state index in [4.69, 9.17) is 4.74 Å². The highest BCUT2D eigenvalue weighted by molar-refractivity contribution is 6.37. The molecule has 0 aliphatic heterocycles. The lowest BCUT2D eigenvalue weighted by atomic mass is 10.3. The van der Waals surface area contributed by atoms with Crippen LogP contribution < -0.4 is 0 Å². The number of hydrogen-bond donors (Lipinski definition) is 0. The Balaban J connectivity index is 3.73. The van der Waals surface area contributed by atoms with E-state index in [1.165, 1.54) is 25.3 Å². The summed E-state index contributed by atoms with van der Waals surface area (Å²) in [6.07, 6.45) is 4.82. The van der Waals surface area contributed by atoms with E-state index in [9.17, 15) is 4.79 Å². The number of unbranched alkanes of at least 4 members (excludes halogenated alkanes) is 2. The van der Waals surface area contributed by atoms with Gasteiger partial charge >= 0.3 is 5.97 Å². The average Bonchev–Trinajstić information content (AvgIpc) is 2.22. The van der Waals surface area contributed by atoms with Crippen LogP contribution in [0.2, 0.25) is 6.04 Å². The lowest BCUT2D eigenvalue weighted by Gasteiger charge is -2.15. The first-order chi connectivity index (χ1) is 7.11. The van der Waals surface area contributed by atoms with E-state index in [2.05, 4.69) is 20.4 Å². The molecule has 0 saturated carbocycles. The maximum absolute atomic E-state index is 11.3. The van der Waals surface area contributed by atoms with Crippen LogP contribution in [0, 0.1) is 0 Å². The number of hydrogen-bond acceptors (Lipinski definition) is 2. The molecule has 0 aliphatic carbocycles. The summed E-state index contributed by atoms with van der Waals surface area (Å²) in [5, 5.41) is 0.